The number of fused-ring (bicyclic) bond motifs is 1. The Balaban J connectivity index is 1.40. The van der Waals surface area contributed by atoms with Crippen molar-refractivity contribution in [3.05, 3.63) is 65.7 Å². The maximum atomic E-state index is 13.7. The molecule has 4 fully saturated rings. The maximum Gasteiger partial charge on any atom is 0.252 e. The van der Waals surface area contributed by atoms with E-state index >= 15 is 0 Å². The molecule has 3 heteroatoms. The molecule has 0 unspecified atom stereocenters. The molecule has 3 aromatic rings. The van der Waals surface area contributed by atoms with Gasteiger partial charge in [-0.3, -0.25) is 4.79 Å². The molecule has 1 N–H and O–H groups in total. The Morgan fingerprint density at radius 1 is 0.933 bits per heavy atom. The Hall–Kier alpha value is -2.68. The van der Waals surface area contributed by atoms with E-state index in [4.69, 9.17) is 4.98 Å². The number of aromatic nitrogens is 1. The molecule has 4 bridgehead atoms. The maximum absolute atomic E-state index is 13.7. The van der Waals surface area contributed by atoms with E-state index in [1.165, 1.54) is 44.1 Å². The normalized spacial score (nSPS) is 29.3. The van der Waals surface area contributed by atoms with Crippen LogP contribution >= 0.6 is 0 Å². The molecule has 152 valence electrons. The summed E-state index contributed by atoms with van der Waals surface area (Å²) in [6.07, 6.45) is 7.63. The van der Waals surface area contributed by atoms with Crippen molar-refractivity contribution in [2.45, 2.75) is 51.0 Å². The van der Waals surface area contributed by atoms with Crippen LogP contribution in [0.4, 0.5) is 0 Å². The quantitative estimate of drug-likeness (QED) is 0.598. The van der Waals surface area contributed by atoms with Gasteiger partial charge in [0.05, 0.1) is 16.8 Å². The van der Waals surface area contributed by atoms with E-state index in [1.54, 1.807) is 0 Å². The summed E-state index contributed by atoms with van der Waals surface area (Å²) >= 11 is 0. The van der Waals surface area contributed by atoms with E-state index in [2.05, 4.69) is 36.5 Å². The van der Waals surface area contributed by atoms with Gasteiger partial charge in [-0.15, -0.1) is 0 Å². The highest BCUT2D eigenvalue weighted by Gasteiger charge is 2.51. The number of rotatable bonds is 3. The monoisotopic (exact) mass is 396 g/mol. The van der Waals surface area contributed by atoms with Gasteiger partial charge in [0, 0.05) is 16.5 Å². The minimum Gasteiger partial charge on any atom is -0.347 e. The number of pyridine rings is 1. The van der Waals surface area contributed by atoms with Crippen LogP contribution in [0.1, 0.15) is 54.4 Å². The second-order valence-electron chi connectivity index (χ2n) is 10.1. The van der Waals surface area contributed by atoms with Crippen molar-refractivity contribution < 1.29 is 4.79 Å². The van der Waals surface area contributed by atoms with Gasteiger partial charge in [-0.1, -0.05) is 42.0 Å². The third-order valence-corrected chi connectivity index (χ3v) is 7.69. The first-order valence-corrected chi connectivity index (χ1v) is 11.4. The van der Waals surface area contributed by atoms with Crippen molar-refractivity contribution in [3.63, 3.8) is 0 Å². The molecular formula is C27H28N2O. The number of hydrogen-bond acceptors (Lipinski definition) is 2. The molecule has 0 spiro atoms. The highest BCUT2D eigenvalue weighted by Crippen LogP contribution is 2.55. The lowest BCUT2D eigenvalue weighted by Gasteiger charge is -2.56. The molecule has 3 nitrogen and oxygen atoms in total. The summed E-state index contributed by atoms with van der Waals surface area (Å²) in [6.45, 7) is 2.09. The smallest absolute Gasteiger partial charge is 0.252 e. The highest BCUT2D eigenvalue weighted by atomic mass is 16.1. The van der Waals surface area contributed by atoms with Crippen molar-refractivity contribution in [1.29, 1.82) is 0 Å². The molecule has 0 saturated heterocycles. The van der Waals surface area contributed by atoms with Crippen LogP contribution in [0, 0.1) is 24.7 Å². The van der Waals surface area contributed by atoms with Crippen LogP contribution < -0.4 is 5.32 Å². The summed E-state index contributed by atoms with van der Waals surface area (Å²) in [6, 6.07) is 18.4. The Kier molecular flexibility index (Phi) is 4.02. The van der Waals surface area contributed by atoms with Crippen LogP contribution in [-0.2, 0) is 0 Å². The number of carbonyl (C=O) groups is 1. The molecular weight excluding hydrogens is 368 g/mol. The number of nitrogens with zero attached hydrogens (tertiary/aromatic N) is 1. The number of benzene rings is 2. The third kappa shape index (κ3) is 3.03. The minimum absolute atomic E-state index is 0.0136. The standard InChI is InChI=1S/C27H28N2O/c1-17-5-4-6-21(9-17)25-13-23(22-7-2-3-8-24(22)28-25)26(30)29-27-14-18-10-19(15-27)12-20(11-18)16-27/h2-9,13,18-20H,10-12,14-16H2,1H3,(H,29,30). The zero-order valence-corrected chi connectivity index (χ0v) is 17.5. The Morgan fingerprint density at radius 3 is 2.33 bits per heavy atom. The van der Waals surface area contributed by atoms with E-state index < -0.39 is 0 Å². The van der Waals surface area contributed by atoms with Crippen LogP contribution in [0.25, 0.3) is 22.2 Å². The summed E-state index contributed by atoms with van der Waals surface area (Å²) < 4.78 is 0. The number of amides is 1. The zero-order chi connectivity index (χ0) is 20.3. The van der Waals surface area contributed by atoms with Gasteiger partial charge >= 0.3 is 0 Å². The van der Waals surface area contributed by atoms with Crippen molar-refractivity contribution in [2.75, 3.05) is 0 Å². The lowest BCUT2D eigenvalue weighted by atomic mass is 9.53. The molecule has 2 aromatic carbocycles. The molecule has 1 aromatic heterocycles. The lowest BCUT2D eigenvalue weighted by molar-refractivity contribution is -0.0166. The van der Waals surface area contributed by atoms with Gasteiger partial charge in [0.25, 0.3) is 5.91 Å². The van der Waals surface area contributed by atoms with E-state index in [9.17, 15) is 4.79 Å². The Bertz CT molecular complexity index is 1110. The van der Waals surface area contributed by atoms with Gasteiger partial charge in [0.1, 0.15) is 0 Å². The van der Waals surface area contributed by atoms with Crippen LogP contribution in [0.15, 0.2) is 54.6 Å². The molecule has 4 saturated carbocycles. The third-order valence-electron chi connectivity index (χ3n) is 7.69. The first-order valence-electron chi connectivity index (χ1n) is 11.4. The van der Waals surface area contributed by atoms with Gasteiger partial charge < -0.3 is 5.32 Å². The topological polar surface area (TPSA) is 42.0 Å². The fraction of sp³-hybridized carbons (Fsp3) is 0.407. The Morgan fingerprint density at radius 2 is 1.63 bits per heavy atom. The van der Waals surface area contributed by atoms with Gasteiger partial charge in [-0.25, -0.2) is 4.98 Å². The lowest BCUT2D eigenvalue weighted by Crippen LogP contribution is -2.59. The predicted octanol–water partition coefficient (Wildman–Crippen LogP) is 5.91. The molecule has 30 heavy (non-hydrogen) atoms. The molecule has 0 radical (unpaired) electrons. The number of hydrogen-bond donors (Lipinski definition) is 1. The van der Waals surface area contributed by atoms with E-state index in [1.807, 2.05) is 30.3 Å². The molecule has 4 aliphatic carbocycles. The summed E-state index contributed by atoms with van der Waals surface area (Å²) in [5.74, 6) is 2.51. The SMILES string of the molecule is Cc1cccc(-c2cc(C(=O)NC34CC5CC(CC(C5)C3)C4)c3ccccc3n2)c1. The van der Waals surface area contributed by atoms with Crippen molar-refractivity contribution in [3.8, 4) is 11.3 Å². The highest BCUT2D eigenvalue weighted by molar-refractivity contribution is 6.07. The fourth-order valence-electron chi connectivity index (χ4n) is 6.89. The largest absolute Gasteiger partial charge is 0.347 e. The summed E-state index contributed by atoms with van der Waals surface area (Å²) in [7, 11) is 0. The van der Waals surface area contributed by atoms with Gasteiger partial charge in [0.15, 0.2) is 0 Å². The first-order chi connectivity index (χ1) is 14.6. The molecule has 0 aliphatic heterocycles. The Labute approximate surface area is 177 Å². The van der Waals surface area contributed by atoms with Crippen LogP contribution in [0.2, 0.25) is 0 Å². The molecule has 1 amide bonds. The van der Waals surface area contributed by atoms with Gasteiger partial charge in [0.2, 0.25) is 0 Å². The number of aryl methyl sites for hydroxylation is 1. The minimum atomic E-state index is 0.0136. The van der Waals surface area contributed by atoms with E-state index in [0.717, 1.165) is 45.5 Å². The van der Waals surface area contributed by atoms with Crippen molar-refractivity contribution in [1.82, 2.24) is 10.3 Å². The molecule has 7 rings (SSSR count). The number of para-hydroxylation sites is 1. The summed E-state index contributed by atoms with van der Waals surface area (Å²) in [5, 5.41) is 4.50. The van der Waals surface area contributed by atoms with Crippen molar-refractivity contribution in [2.24, 2.45) is 17.8 Å². The zero-order valence-electron chi connectivity index (χ0n) is 17.5. The van der Waals surface area contributed by atoms with Crippen LogP contribution in [0.5, 0.6) is 0 Å². The average Bonchev–Trinajstić information content (AvgIpc) is 2.71. The second-order valence-corrected chi connectivity index (χ2v) is 10.1. The molecule has 4 aliphatic rings. The molecule has 1 heterocycles. The van der Waals surface area contributed by atoms with Crippen LogP contribution in [-0.4, -0.2) is 16.4 Å². The first kappa shape index (κ1) is 18.1. The van der Waals surface area contributed by atoms with Gasteiger partial charge in [-0.05, 0) is 81.4 Å². The van der Waals surface area contributed by atoms with E-state index in [-0.39, 0.29) is 11.4 Å². The van der Waals surface area contributed by atoms with Gasteiger partial charge in [-0.2, -0.15) is 0 Å². The number of carbonyl (C=O) groups excluding carboxylic acids is 1. The fourth-order valence-corrected chi connectivity index (χ4v) is 6.89. The van der Waals surface area contributed by atoms with E-state index in [0.29, 0.717) is 0 Å². The predicted molar refractivity (Wildman–Crippen MR) is 120 cm³/mol. The second kappa shape index (κ2) is 6.66. The average molecular weight is 397 g/mol. The summed E-state index contributed by atoms with van der Waals surface area (Å²) in [5.41, 5.74) is 4.78. The number of nitrogens with one attached hydrogen (secondary N) is 1. The molecule has 0 atom stereocenters. The summed E-state index contributed by atoms with van der Waals surface area (Å²) in [4.78, 5) is 18.5. The van der Waals surface area contributed by atoms with Crippen LogP contribution in [0.3, 0.4) is 0 Å². The van der Waals surface area contributed by atoms with Crippen molar-refractivity contribution >= 4 is 16.8 Å².